The topological polar surface area (TPSA) is 63.7 Å². The lowest BCUT2D eigenvalue weighted by Crippen LogP contribution is -2.16. The average Bonchev–Trinajstić information content (AvgIpc) is 2.55. The Labute approximate surface area is 142 Å². The maximum atomic E-state index is 12.5. The van der Waals surface area contributed by atoms with E-state index in [4.69, 9.17) is 9.47 Å². The molecule has 0 saturated heterocycles. The van der Waals surface area contributed by atoms with E-state index in [1.165, 1.54) is 0 Å². The SMILES string of the molecule is COCCOc1ncccc1C(=O)Nc1cccc(CN(C)C)c1. The number of methoxy groups -OCH3 is 1. The summed E-state index contributed by atoms with van der Waals surface area (Å²) in [5.41, 5.74) is 2.26. The van der Waals surface area contributed by atoms with Crippen LogP contribution >= 0.6 is 0 Å². The number of carbonyl (C=O) groups is 1. The van der Waals surface area contributed by atoms with Crippen LogP contribution in [0.1, 0.15) is 15.9 Å². The number of hydrogen-bond donors (Lipinski definition) is 1. The lowest BCUT2D eigenvalue weighted by atomic mass is 10.2. The highest BCUT2D eigenvalue weighted by Crippen LogP contribution is 2.18. The van der Waals surface area contributed by atoms with Crippen LogP contribution in [0.15, 0.2) is 42.6 Å². The summed E-state index contributed by atoms with van der Waals surface area (Å²) in [4.78, 5) is 18.7. The summed E-state index contributed by atoms with van der Waals surface area (Å²) in [7, 11) is 5.60. The van der Waals surface area contributed by atoms with Gasteiger partial charge in [0.1, 0.15) is 12.2 Å². The summed E-state index contributed by atoms with van der Waals surface area (Å²) >= 11 is 0. The number of ether oxygens (including phenoxy) is 2. The van der Waals surface area contributed by atoms with Crippen molar-refractivity contribution in [3.05, 3.63) is 53.7 Å². The van der Waals surface area contributed by atoms with Crippen LogP contribution in [0.25, 0.3) is 0 Å². The Kier molecular flexibility index (Phi) is 6.72. The van der Waals surface area contributed by atoms with Gasteiger partial charge in [-0.05, 0) is 43.9 Å². The van der Waals surface area contributed by atoms with Crippen LogP contribution in [0.5, 0.6) is 5.88 Å². The Balaban J connectivity index is 2.09. The van der Waals surface area contributed by atoms with E-state index in [1.54, 1.807) is 25.4 Å². The zero-order valence-corrected chi connectivity index (χ0v) is 14.3. The molecule has 1 amide bonds. The number of pyridine rings is 1. The molecule has 0 aliphatic rings. The summed E-state index contributed by atoms with van der Waals surface area (Å²) in [6.07, 6.45) is 1.59. The molecule has 0 aliphatic carbocycles. The van der Waals surface area contributed by atoms with Crippen LogP contribution in [0.2, 0.25) is 0 Å². The molecule has 0 aliphatic heterocycles. The minimum Gasteiger partial charge on any atom is -0.475 e. The van der Waals surface area contributed by atoms with Crippen molar-refractivity contribution < 1.29 is 14.3 Å². The number of nitrogens with one attached hydrogen (secondary N) is 1. The number of aromatic nitrogens is 1. The lowest BCUT2D eigenvalue weighted by molar-refractivity contribution is 0.101. The minimum atomic E-state index is -0.252. The van der Waals surface area contributed by atoms with E-state index in [0.717, 1.165) is 17.8 Å². The van der Waals surface area contributed by atoms with Gasteiger partial charge in [0, 0.05) is 25.5 Å². The van der Waals surface area contributed by atoms with Gasteiger partial charge in [-0.3, -0.25) is 4.79 Å². The first kappa shape index (κ1) is 17.9. The molecule has 0 spiro atoms. The van der Waals surface area contributed by atoms with Gasteiger partial charge in [0.05, 0.1) is 6.61 Å². The molecular formula is C18H23N3O3. The molecule has 6 heteroatoms. The van der Waals surface area contributed by atoms with Crippen LogP contribution in [0.3, 0.4) is 0 Å². The molecule has 1 heterocycles. The second kappa shape index (κ2) is 9.00. The third-order valence-electron chi connectivity index (χ3n) is 3.23. The van der Waals surface area contributed by atoms with Gasteiger partial charge < -0.3 is 19.7 Å². The van der Waals surface area contributed by atoms with E-state index in [0.29, 0.717) is 24.7 Å². The standard InChI is InChI=1S/C18H23N3O3/c1-21(2)13-14-6-4-7-15(12-14)20-17(22)16-8-5-9-19-18(16)24-11-10-23-3/h4-9,12H,10-11,13H2,1-3H3,(H,20,22). The van der Waals surface area contributed by atoms with Gasteiger partial charge >= 0.3 is 0 Å². The van der Waals surface area contributed by atoms with Crippen LogP contribution in [0, 0.1) is 0 Å². The fourth-order valence-electron chi connectivity index (χ4n) is 2.21. The maximum Gasteiger partial charge on any atom is 0.261 e. The Hall–Kier alpha value is -2.44. The number of carbonyl (C=O) groups excluding carboxylic acids is 1. The predicted octanol–water partition coefficient (Wildman–Crippen LogP) is 2.42. The van der Waals surface area contributed by atoms with Gasteiger partial charge in [-0.2, -0.15) is 0 Å². The van der Waals surface area contributed by atoms with E-state index in [2.05, 4.69) is 15.2 Å². The third-order valence-corrected chi connectivity index (χ3v) is 3.23. The first-order valence-electron chi connectivity index (χ1n) is 7.72. The highest BCUT2D eigenvalue weighted by atomic mass is 16.5. The number of amides is 1. The lowest BCUT2D eigenvalue weighted by Gasteiger charge is -2.12. The number of rotatable bonds is 8. The highest BCUT2D eigenvalue weighted by molar-refractivity contribution is 6.05. The second-order valence-corrected chi connectivity index (χ2v) is 5.59. The second-order valence-electron chi connectivity index (χ2n) is 5.59. The van der Waals surface area contributed by atoms with Crippen molar-refractivity contribution in [3.8, 4) is 5.88 Å². The Bertz CT molecular complexity index is 674. The molecular weight excluding hydrogens is 306 g/mol. The molecule has 0 unspecified atom stereocenters. The summed E-state index contributed by atoms with van der Waals surface area (Å²) in [5, 5.41) is 2.89. The molecule has 24 heavy (non-hydrogen) atoms. The molecule has 1 aromatic carbocycles. The highest BCUT2D eigenvalue weighted by Gasteiger charge is 2.14. The molecule has 0 saturated carbocycles. The normalized spacial score (nSPS) is 10.7. The van der Waals surface area contributed by atoms with Crippen molar-refractivity contribution in [2.75, 3.05) is 39.7 Å². The van der Waals surface area contributed by atoms with Gasteiger partial charge in [-0.25, -0.2) is 4.98 Å². The molecule has 0 fully saturated rings. The molecule has 1 N–H and O–H groups in total. The Morgan fingerprint density at radius 3 is 2.79 bits per heavy atom. The zero-order chi connectivity index (χ0) is 17.4. The third kappa shape index (κ3) is 5.33. The van der Waals surface area contributed by atoms with Crippen LogP contribution in [0.4, 0.5) is 5.69 Å². The van der Waals surface area contributed by atoms with Crippen molar-refractivity contribution in [2.24, 2.45) is 0 Å². The zero-order valence-electron chi connectivity index (χ0n) is 14.3. The number of hydrogen-bond acceptors (Lipinski definition) is 5. The quantitative estimate of drug-likeness (QED) is 0.754. The Morgan fingerprint density at radius 1 is 1.21 bits per heavy atom. The van der Waals surface area contributed by atoms with Gasteiger partial charge in [-0.1, -0.05) is 12.1 Å². The van der Waals surface area contributed by atoms with Crippen molar-refractivity contribution in [1.82, 2.24) is 9.88 Å². The molecule has 128 valence electrons. The van der Waals surface area contributed by atoms with E-state index in [-0.39, 0.29) is 5.91 Å². The van der Waals surface area contributed by atoms with Crippen molar-refractivity contribution >= 4 is 11.6 Å². The molecule has 2 aromatic rings. The fraction of sp³-hybridized carbons (Fsp3) is 0.333. The van der Waals surface area contributed by atoms with Crippen molar-refractivity contribution in [2.45, 2.75) is 6.54 Å². The van der Waals surface area contributed by atoms with E-state index in [1.807, 2.05) is 38.4 Å². The van der Waals surface area contributed by atoms with Gasteiger partial charge in [0.25, 0.3) is 5.91 Å². The molecule has 2 rings (SSSR count). The first-order valence-corrected chi connectivity index (χ1v) is 7.72. The van der Waals surface area contributed by atoms with Gasteiger partial charge in [0.15, 0.2) is 0 Å². The summed E-state index contributed by atoms with van der Waals surface area (Å²) in [6.45, 7) is 1.58. The Morgan fingerprint density at radius 2 is 2.04 bits per heavy atom. The summed E-state index contributed by atoms with van der Waals surface area (Å²) in [5.74, 6) is 0.0500. The van der Waals surface area contributed by atoms with Crippen LogP contribution < -0.4 is 10.1 Å². The molecule has 0 radical (unpaired) electrons. The van der Waals surface area contributed by atoms with E-state index in [9.17, 15) is 4.79 Å². The molecule has 0 atom stereocenters. The molecule has 1 aromatic heterocycles. The predicted molar refractivity (Wildman–Crippen MR) is 93.4 cm³/mol. The van der Waals surface area contributed by atoms with Crippen LogP contribution in [-0.4, -0.2) is 50.2 Å². The number of nitrogens with zero attached hydrogens (tertiary/aromatic N) is 2. The minimum absolute atomic E-state index is 0.252. The fourth-order valence-corrected chi connectivity index (χ4v) is 2.21. The largest absolute Gasteiger partial charge is 0.475 e. The number of anilines is 1. The van der Waals surface area contributed by atoms with E-state index < -0.39 is 0 Å². The average molecular weight is 329 g/mol. The van der Waals surface area contributed by atoms with Crippen molar-refractivity contribution in [3.63, 3.8) is 0 Å². The number of benzene rings is 1. The summed E-state index contributed by atoms with van der Waals surface area (Å²) in [6, 6.07) is 11.2. The molecule has 0 bridgehead atoms. The summed E-state index contributed by atoms with van der Waals surface area (Å²) < 4.78 is 10.5. The van der Waals surface area contributed by atoms with Gasteiger partial charge in [-0.15, -0.1) is 0 Å². The molecule has 6 nitrogen and oxygen atoms in total. The van der Waals surface area contributed by atoms with Crippen molar-refractivity contribution in [1.29, 1.82) is 0 Å². The van der Waals surface area contributed by atoms with Crippen LogP contribution in [-0.2, 0) is 11.3 Å². The van der Waals surface area contributed by atoms with Gasteiger partial charge in [0.2, 0.25) is 5.88 Å². The monoisotopic (exact) mass is 329 g/mol. The maximum absolute atomic E-state index is 12.5. The first-order chi connectivity index (χ1) is 11.6. The van der Waals surface area contributed by atoms with E-state index >= 15 is 0 Å². The smallest absolute Gasteiger partial charge is 0.261 e.